The van der Waals surface area contributed by atoms with Crippen molar-refractivity contribution < 1.29 is 9.59 Å². The third kappa shape index (κ3) is 6.46. The van der Waals surface area contributed by atoms with Gasteiger partial charge in [-0.1, -0.05) is 47.6 Å². The first kappa shape index (κ1) is 22.1. The molecule has 0 saturated carbocycles. The van der Waals surface area contributed by atoms with Crippen molar-refractivity contribution in [2.75, 3.05) is 27.7 Å². The molecule has 10 nitrogen and oxygen atoms in total. The monoisotopic (exact) mass is 458 g/mol. The minimum atomic E-state index is -0.265. The average molecular weight is 459 g/mol. The Bertz CT molecular complexity index is 1120. The highest BCUT2D eigenvalue weighted by atomic mass is 35.5. The molecule has 1 heterocycles. The van der Waals surface area contributed by atoms with E-state index in [2.05, 4.69) is 31.4 Å². The summed E-state index contributed by atoms with van der Waals surface area (Å²) in [6.45, 7) is 1.41. The quantitative estimate of drug-likeness (QED) is 0.176. The molecule has 0 unspecified atom stereocenters. The Kier molecular flexibility index (Phi) is 7.46. The number of carbonyl (C=O) groups excluding carboxylic acids is 2. The number of hydrogen-bond acceptors (Lipinski definition) is 8. The molecule has 0 aliphatic rings. The smallest absolute Gasteiger partial charge is 0.264 e. The van der Waals surface area contributed by atoms with Crippen LogP contribution in [0.3, 0.4) is 0 Å². The molecule has 12 heteroatoms. The molecule has 2 aromatic carbocycles. The van der Waals surface area contributed by atoms with E-state index in [1.54, 1.807) is 30.3 Å². The second-order valence-electron chi connectivity index (χ2n) is 6.17. The van der Waals surface area contributed by atoms with Crippen LogP contribution in [-0.4, -0.2) is 38.7 Å². The lowest BCUT2D eigenvalue weighted by Crippen LogP contribution is -2.17. The van der Waals surface area contributed by atoms with Gasteiger partial charge in [0, 0.05) is 28.9 Å². The predicted octanol–water partition coefficient (Wildman–Crippen LogP) is 2.78. The largest absolute Gasteiger partial charge is 0.334 e. The first-order valence-corrected chi connectivity index (χ1v) is 10.3. The lowest BCUT2D eigenvalue weighted by atomic mass is 10.2. The molecule has 1 aromatic heterocycles. The Morgan fingerprint density at radius 3 is 2.65 bits per heavy atom. The summed E-state index contributed by atoms with van der Waals surface area (Å²) in [5.74, 6) is 5.76. The molecule has 0 aliphatic carbocycles. The van der Waals surface area contributed by atoms with Crippen molar-refractivity contribution in [2.24, 2.45) is 5.10 Å². The van der Waals surface area contributed by atoms with E-state index in [1.807, 2.05) is 18.2 Å². The summed E-state index contributed by atoms with van der Waals surface area (Å²) in [7, 11) is 0. The van der Waals surface area contributed by atoms with Gasteiger partial charge in [-0.2, -0.15) is 5.10 Å². The summed E-state index contributed by atoms with van der Waals surface area (Å²) in [4.78, 5) is 23.4. The first-order valence-electron chi connectivity index (χ1n) is 8.97. The summed E-state index contributed by atoms with van der Waals surface area (Å²) in [5, 5.41) is 18.2. The molecule has 5 N–H and O–H groups in total. The van der Waals surface area contributed by atoms with Crippen LogP contribution in [0.5, 0.6) is 0 Å². The van der Waals surface area contributed by atoms with Crippen molar-refractivity contribution in [3.05, 3.63) is 59.1 Å². The van der Waals surface area contributed by atoms with Crippen LogP contribution < -0.4 is 21.9 Å². The van der Waals surface area contributed by atoms with Gasteiger partial charge in [0.15, 0.2) is 0 Å². The normalized spacial score (nSPS) is 10.8. The highest BCUT2D eigenvalue weighted by molar-refractivity contribution is 7.99. The van der Waals surface area contributed by atoms with Crippen LogP contribution in [0, 0.1) is 0 Å². The van der Waals surface area contributed by atoms with Crippen molar-refractivity contribution in [1.82, 2.24) is 14.9 Å². The van der Waals surface area contributed by atoms with Crippen LogP contribution in [0.1, 0.15) is 12.5 Å². The highest BCUT2D eigenvalue weighted by Crippen LogP contribution is 2.19. The number of aromatic nitrogens is 3. The first-order chi connectivity index (χ1) is 14.9. The van der Waals surface area contributed by atoms with Gasteiger partial charge in [0.1, 0.15) is 0 Å². The summed E-state index contributed by atoms with van der Waals surface area (Å²) < 4.78 is 1.19. The van der Waals surface area contributed by atoms with Gasteiger partial charge < -0.3 is 16.5 Å². The fourth-order valence-electron chi connectivity index (χ4n) is 2.40. The number of anilines is 3. The molecule has 0 fully saturated rings. The molecular formula is C19H19ClN8O2S. The number of hydrazone groups is 1. The molecule has 0 saturated heterocycles. The lowest BCUT2D eigenvalue weighted by Gasteiger charge is -2.07. The van der Waals surface area contributed by atoms with Gasteiger partial charge in [0.05, 0.1) is 12.0 Å². The van der Waals surface area contributed by atoms with Crippen molar-refractivity contribution in [3.63, 3.8) is 0 Å². The van der Waals surface area contributed by atoms with E-state index in [0.717, 1.165) is 17.3 Å². The van der Waals surface area contributed by atoms with Gasteiger partial charge in [-0.05, 0) is 24.3 Å². The SMILES string of the molecule is CC(=O)Nc1cccc(NC(=O)CSc2nnc(N/N=C/c3ccccc3Cl)n2N)c1. The molecule has 160 valence electrons. The Hall–Kier alpha value is -3.57. The van der Waals surface area contributed by atoms with Gasteiger partial charge >= 0.3 is 0 Å². The Labute approximate surface area is 187 Å². The Morgan fingerprint density at radius 1 is 1.16 bits per heavy atom. The van der Waals surface area contributed by atoms with Crippen molar-refractivity contribution in [2.45, 2.75) is 12.1 Å². The van der Waals surface area contributed by atoms with Gasteiger partial charge in [-0.25, -0.2) is 10.1 Å². The van der Waals surface area contributed by atoms with Crippen LogP contribution in [-0.2, 0) is 9.59 Å². The summed E-state index contributed by atoms with van der Waals surface area (Å²) >= 11 is 7.18. The molecule has 0 bridgehead atoms. The van der Waals surface area contributed by atoms with E-state index in [-0.39, 0.29) is 23.5 Å². The fourth-order valence-corrected chi connectivity index (χ4v) is 3.24. The third-order valence-corrected chi connectivity index (χ3v) is 5.02. The average Bonchev–Trinajstić information content (AvgIpc) is 3.07. The molecule has 0 atom stereocenters. The number of thioether (sulfide) groups is 1. The topological polar surface area (TPSA) is 139 Å². The van der Waals surface area contributed by atoms with E-state index in [4.69, 9.17) is 17.4 Å². The number of nitrogen functional groups attached to an aromatic ring is 1. The number of amides is 2. The predicted molar refractivity (Wildman–Crippen MR) is 123 cm³/mol. The van der Waals surface area contributed by atoms with Crippen molar-refractivity contribution in [3.8, 4) is 0 Å². The fraction of sp³-hybridized carbons (Fsp3) is 0.105. The zero-order valence-electron chi connectivity index (χ0n) is 16.4. The molecule has 0 radical (unpaired) electrons. The standard InChI is InChI=1S/C19H19ClN8O2S/c1-12(29)23-14-6-4-7-15(9-14)24-17(30)11-31-19-27-26-18(28(19)21)25-22-10-13-5-2-3-8-16(13)20/h2-10H,11,21H2,1H3,(H,23,29)(H,24,30)(H,25,26)/b22-10+. The van der Waals surface area contributed by atoms with Gasteiger partial charge in [0.2, 0.25) is 17.0 Å². The molecule has 0 aliphatic heterocycles. The number of nitrogens with zero attached hydrogens (tertiary/aromatic N) is 4. The molecule has 2 amide bonds. The highest BCUT2D eigenvalue weighted by Gasteiger charge is 2.12. The van der Waals surface area contributed by atoms with E-state index >= 15 is 0 Å². The maximum Gasteiger partial charge on any atom is 0.264 e. The maximum absolute atomic E-state index is 12.2. The van der Waals surface area contributed by atoms with Gasteiger partial charge in [-0.3, -0.25) is 9.59 Å². The molecule has 3 aromatic rings. The Balaban J connectivity index is 1.53. The van der Waals surface area contributed by atoms with E-state index < -0.39 is 0 Å². The van der Waals surface area contributed by atoms with Crippen LogP contribution in [0.2, 0.25) is 5.02 Å². The number of rotatable bonds is 8. The number of nitrogens with one attached hydrogen (secondary N) is 3. The maximum atomic E-state index is 12.2. The third-order valence-electron chi connectivity index (χ3n) is 3.74. The molecular weight excluding hydrogens is 440 g/mol. The van der Waals surface area contributed by atoms with Crippen LogP contribution in [0.15, 0.2) is 58.8 Å². The number of nitrogens with two attached hydrogens (primary N) is 1. The van der Waals surface area contributed by atoms with Gasteiger partial charge in [0.25, 0.3) is 5.95 Å². The molecule has 31 heavy (non-hydrogen) atoms. The van der Waals surface area contributed by atoms with Crippen molar-refractivity contribution in [1.29, 1.82) is 0 Å². The molecule has 0 spiro atoms. The number of hydrogen-bond donors (Lipinski definition) is 4. The minimum Gasteiger partial charge on any atom is -0.334 e. The van der Waals surface area contributed by atoms with Crippen LogP contribution in [0.25, 0.3) is 0 Å². The summed E-state index contributed by atoms with van der Waals surface area (Å²) in [6.07, 6.45) is 1.53. The summed E-state index contributed by atoms with van der Waals surface area (Å²) in [5.41, 5.74) is 4.56. The van der Waals surface area contributed by atoms with E-state index in [0.29, 0.717) is 21.6 Å². The van der Waals surface area contributed by atoms with E-state index in [9.17, 15) is 9.59 Å². The second-order valence-corrected chi connectivity index (χ2v) is 7.52. The lowest BCUT2D eigenvalue weighted by molar-refractivity contribution is -0.114. The van der Waals surface area contributed by atoms with Crippen LogP contribution >= 0.6 is 23.4 Å². The van der Waals surface area contributed by atoms with Crippen LogP contribution in [0.4, 0.5) is 17.3 Å². The van der Waals surface area contributed by atoms with E-state index in [1.165, 1.54) is 17.8 Å². The minimum absolute atomic E-state index is 0.0581. The second kappa shape index (κ2) is 10.5. The zero-order chi connectivity index (χ0) is 22.2. The molecule has 3 rings (SSSR count). The van der Waals surface area contributed by atoms with Gasteiger partial charge in [-0.15, -0.1) is 10.2 Å². The Morgan fingerprint density at radius 2 is 1.90 bits per heavy atom. The number of benzene rings is 2. The number of carbonyl (C=O) groups is 2. The summed E-state index contributed by atoms with van der Waals surface area (Å²) in [6, 6.07) is 14.1. The number of halogens is 1. The van der Waals surface area contributed by atoms with Crippen molar-refractivity contribution >= 4 is 58.7 Å². The zero-order valence-corrected chi connectivity index (χ0v) is 17.9.